The van der Waals surface area contributed by atoms with Crippen LogP contribution in [0, 0.1) is 0 Å². The van der Waals surface area contributed by atoms with Gasteiger partial charge in [0.15, 0.2) is 0 Å². The first-order valence-electron chi connectivity index (χ1n) is 12.8. The first kappa shape index (κ1) is 28.9. The standard InChI is InChI=1S/C30H29Cl3N2O4/c1-2-3-24(18-4-6-20(7-5-18)29(38)34-13-12-27(36)37)28(19-8-10-22(31)11-9-19)30(39)35-16-21-14-23(32)15-26(33)25(21)17-35/h4-11,14-15,24,28H,2-3,12-13,16-17H2,1H3,(H,34,38)(H,36,37). The molecule has 204 valence electrons. The fourth-order valence-electron chi connectivity index (χ4n) is 5.10. The number of amides is 2. The molecule has 4 rings (SSSR count). The fraction of sp³-hybridized carbons (Fsp3) is 0.300. The number of rotatable bonds is 10. The number of carbonyl (C=O) groups is 3. The highest BCUT2D eigenvalue weighted by atomic mass is 35.5. The highest BCUT2D eigenvalue weighted by Gasteiger charge is 2.36. The Bertz CT molecular complexity index is 1360. The number of aliphatic carboxylic acids is 1. The molecule has 0 aliphatic carbocycles. The number of fused-ring (bicyclic) bond motifs is 1. The van der Waals surface area contributed by atoms with Crippen molar-refractivity contribution in [3.63, 3.8) is 0 Å². The lowest BCUT2D eigenvalue weighted by atomic mass is 9.77. The molecule has 2 amide bonds. The largest absolute Gasteiger partial charge is 0.481 e. The summed E-state index contributed by atoms with van der Waals surface area (Å²) in [5.74, 6) is -1.98. The van der Waals surface area contributed by atoms with E-state index in [-0.39, 0.29) is 30.7 Å². The number of carboxylic acid groups (broad SMARTS) is 1. The molecule has 0 bridgehead atoms. The highest BCUT2D eigenvalue weighted by Crippen LogP contribution is 2.41. The van der Waals surface area contributed by atoms with Crippen molar-refractivity contribution in [3.8, 4) is 0 Å². The van der Waals surface area contributed by atoms with Gasteiger partial charge < -0.3 is 15.3 Å². The van der Waals surface area contributed by atoms with E-state index in [4.69, 9.17) is 39.9 Å². The molecule has 2 N–H and O–H groups in total. The van der Waals surface area contributed by atoms with Crippen LogP contribution in [0.4, 0.5) is 0 Å². The molecule has 0 radical (unpaired) electrons. The molecular weight excluding hydrogens is 559 g/mol. The lowest BCUT2D eigenvalue weighted by Gasteiger charge is -2.31. The Morgan fingerprint density at radius 2 is 1.59 bits per heavy atom. The van der Waals surface area contributed by atoms with Crippen LogP contribution in [0.3, 0.4) is 0 Å². The summed E-state index contributed by atoms with van der Waals surface area (Å²) < 4.78 is 0. The molecule has 1 heterocycles. The zero-order valence-corrected chi connectivity index (χ0v) is 23.7. The van der Waals surface area contributed by atoms with E-state index in [2.05, 4.69) is 12.2 Å². The van der Waals surface area contributed by atoms with Crippen LogP contribution in [0.1, 0.15) is 70.6 Å². The van der Waals surface area contributed by atoms with E-state index in [1.807, 2.05) is 35.2 Å². The molecule has 9 heteroatoms. The lowest BCUT2D eigenvalue weighted by Crippen LogP contribution is -2.34. The Labute approximate surface area is 242 Å². The van der Waals surface area contributed by atoms with Crippen molar-refractivity contribution >= 4 is 52.6 Å². The van der Waals surface area contributed by atoms with Crippen LogP contribution >= 0.6 is 34.8 Å². The molecule has 39 heavy (non-hydrogen) atoms. The Morgan fingerprint density at radius 3 is 2.23 bits per heavy atom. The summed E-state index contributed by atoms with van der Waals surface area (Å²) >= 11 is 18.9. The van der Waals surface area contributed by atoms with Crippen molar-refractivity contribution in [3.05, 3.63) is 104 Å². The van der Waals surface area contributed by atoms with Crippen LogP contribution in [0.25, 0.3) is 0 Å². The van der Waals surface area contributed by atoms with Gasteiger partial charge in [-0.1, -0.05) is 72.4 Å². The number of halogens is 3. The molecule has 0 fully saturated rings. The number of carboxylic acids is 1. The Balaban J connectivity index is 1.64. The van der Waals surface area contributed by atoms with Gasteiger partial charge in [-0.05, 0) is 71.0 Å². The van der Waals surface area contributed by atoms with Gasteiger partial charge in [0, 0.05) is 40.3 Å². The molecule has 3 aromatic rings. The van der Waals surface area contributed by atoms with Gasteiger partial charge in [-0.2, -0.15) is 0 Å². The highest BCUT2D eigenvalue weighted by molar-refractivity contribution is 6.35. The summed E-state index contributed by atoms with van der Waals surface area (Å²) in [6.07, 6.45) is 1.45. The lowest BCUT2D eigenvalue weighted by molar-refractivity contribution is -0.137. The van der Waals surface area contributed by atoms with Crippen molar-refractivity contribution in [1.29, 1.82) is 0 Å². The smallest absolute Gasteiger partial charge is 0.305 e. The van der Waals surface area contributed by atoms with Crippen LogP contribution in [0.15, 0.2) is 60.7 Å². The maximum absolute atomic E-state index is 14.2. The minimum absolute atomic E-state index is 0.0188. The topological polar surface area (TPSA) is 86.7 Å². The second kappa shape index (κ2) is 12.9. The maximum Gasteiger partial charge on any atom is 0.305 e. The first-order valence-corrected chi connectivity index (χ1v) is 13.9. The summed E-state index contributed by atoms with van der Waals surface area (Å²) in [5, 5.41) is 13.1. The molecule has 2 atom stereocenters. The van der Waals surface area contributed by atoms with E-state index in [0.29, 0.717) is 33.7 Å². The molecule has 0 saturated heterocycles. The van der Waals surface area contributed by atoms with E-state index in [0.717, 1.165) is 35.1 Å². The zero-order chi connectivity index (χ0) is 28.1. The molecule has 0 saturated carbocycles. The quantitative estimate of drug-likeness (QED) is 0.266. The molecule has 0 spiro atoms. The molecular formula is C30H29Cl3N2O4. The summed E-state index contributed by atoms with van der Waals surface area (Å²) in [7, 11) is 0. The van der Waals surface area contributed by atoms with Gasteiger partial charge >= 0.3 is 5.97 Å². The van der Waals surface area contributed by atoms with E-state index < -0.39 is 11.9 Å². The minimum Gasteiger partial charge on any atom is -0.481 e. The van der Waals surface area contributed by atoms with Crippen LogP contribution in [-0.4, -0.2) is 34.3 Å². The Morgan fingerprint density at radius 1 is 0.923 bits per heavy atom. The van der Waals surface area contributed by atoms with Gasteiger partial charge in [0.05, 0.1) is 12.3 Å². The number of hydrogen-bond acceptors (Lipinski definition) is 3. The predicted octanol–water partition coefficient (Wildman–Crippen LogP) is 7.06. The average molecular weight is 588 g/mol. The van der Waals surface area contributed by atoms with E-state index in [1.165, 1.54) is 0 Å². The zero-order valence-electron chi connectivity index (χ0n) is 21.4. The van der Waals surface area contributed by atoms with Gasteiger partial charge in [0.25, 0.3) is 5.91 Å². The van der Waals surface area contributed by atoms with Crippen molar-refractivity contribution in [2.75, 3.05) is 6.54 Å². The average Bonchev–Trinajstić information content (AvgIpc) is 3.34. The summed E-state index contributed by atoms with van der Waals surface area (Å²) in [6.45, 7) is 2.96. The third-order valence-corrected chi connectivity index (χ3v) is 7.80. The van der Waals surface area contributed by atoms with Gasteiger partial charge in [-0.15, -0.1) is 0 Å². The third-order valence-electron chi connectivity index (χ3n) is 7.00. The van der Waals surface area contributed by atoms with Gasteiger partial charge in [-0.3, -0.25) is 14.4 Å². The second-order valence-electron chi connectivity index (χ2n) is 9.67. The van der Waals surface area contributed by atoms with Crippen LogP contribution < -0.4 is 5.32 Å². The molecule has 6 nitrogen and oxygen atoms in total. The minimum atomic E-state index is -0.975. The first-order chi connectivity index (χ1) is 18.7. The number of carbonyl (C=O) groups excluding carboxylic acids is 2. The Kier molecular flexibility index (Phi) is 9.54. The number of nitrogens with one attached hydrogen (secondary N) is 1. The van der Waals surface area contributed by atoms with Crippen LogP contribution in [0.5, 0.6) is 0 Å². The van der Waals surface area contributed by atoms with Gasteiger partial charge in [0.1, 0.15) is 0 Å². The van der Waals surface area contributed by atoms with Gasteiger partial charge in [0.2, 0.25) is 5.91 Å². The van der Waals surface area contributed by atoms with Crippen molar-refractivity contribution < 1.29 is 19.5 Å². The summed E-state index contributed by atoms with van der Waals surface area (Å²) in [4.78, 5) is 39.3. The SMILES string of the molecule is CCCC(c1ccc(C(=O)NCCC(=O)O)cc1)C(C(=O)N1Cc2cc(Cl)cc(Cl)c2C1)c1ccc(Cl)cc1. The van der Waals surface area contributed by atoms with Crippen LogP contribution in [0.2, 0.25) is 15.1 Å². The molecule has 3 aromatic carbocycles. The summed E-state index contributed by atoms with van der Waals surface area (Å²) in [6, 6.07) is 18.1. The number of hydrogen-bond donors (Lipinski definition) is 2. The van der Waals surface area contributed by atoms with E-state index >= 15 is 0 Å². The van der Waals surface area contributed by atoms with Crippen molar-refractivity contribution in [2.24, 2.45) is 0 Å². The monoisotopic (exact) mass is 586 g/mol. The predicted molar refractivity (Wildman–Crippen MR) is 154 cm³/mol. The van der Waals surface area contributed by atoms with E-state index in [1.54, 1.807) is 30.3 Å². The van der Waals surface area contributed by atoms with Crippen LogP contribution in [-0.2, 0) is 22.7 Å². The molecule has 1 aliphatic heterocycles. The second-order valence-corrected chi connectivity index (χ2v) is 10.9. The summed E-state index contributed by atoms with van der Waals surface area (Å²) in [5.41, 5.74) is 4.08. The van der Waals surface area contributed by atoms with Crippen molar-refractivity contribution in [2.45, 2.75) is 51.1 Å². The number of benzene rings is 3. The fourth-order valence-corrected chi connectivity index (χ4v) is 5.82. The molecule has 1 aliphatic rings. The third kappa shape index (κ3) is 6.93. The van der Waals surface area contributed by atoms with E-state index in [9.17, 15) is 14.4 Å². The number of nitrogens with zero attached hydrogens (tertiary/aromatic N) is 1. The maximum atomic E-state index is 14.2. The van der Waals surface area contributed by atoms with Gasteiger partial charge in [-0.25, -0.2) is 0 Å². The molecule has 0 aromatic heterocycles. The Hall–Kier alpha value is -3.06. The van der Waals surface area contributed by atoms with Crippen molar-refractivity contribution in [1.82, 2.24) is 10.2 Å². The molecule has 2 unspecified atom stereocenters. The normalized spacial score (nSPS) is 14.0.